The van der Waals surface area contributed by atoms with E-state index >= 15 is 0 Å². The monoisotopic (exact) mass is 392 g/mol. The molecule has 1 saturated heterocycles. The van der Waals surface area contributed by atoms with Crippen LogP contribution in [-0.4, -0.2) is 51.4 Å². The lowest BCUT2D eigenvalue weighted by molar-refractivity contribution is 0.110. The van der Waals surface area contributed by atoms with E-state index in [2.05, 4.69) is 4.90 Å². The van der Waals surface area contributed by atoms with Crippen LogP contribution in [0.15, 0.2) is 36.4 Å². The first-order valence-corrected chi connectivity index (χ1v) is 9.02. The molecule has 7 heteroatoms. The lowest BCUT2D eigenvalue weighted by atomic mass is 10.0. The van der Waals surface area contributed by atoms with Crippen LogP contribution in [0.2, 0.25) is 5.02 Å². The van der Waals surface area contributed by atoms with Crippen molar-refractivity contribution in [1.82, 2.24) is 4.90 Å². The molecular formula is C20H22ClFN2O3. The summed E-state index contributed by atoms with van der Waals surface area (Å²) in [7, 11) is 5.13. The summed E-state index contributed by atoms with van der Waals surface area (Å²) in [4.78, 5) is 16.1. The Balaban J connectivity index is 1.91. The first-order valence-electron chi connectivity index (χ1n) is 8.64. The Morgan fingerprint density at radius 2 is 2.07 bits per heavy atom. The molecule has 1 aliphatic rings. The van der Waals surface area contributed by atoms with Gasteiger partial charge in [0.1, 0.15) is 17.7 Å². The number of hydrogen-bond donors (Lipinski definition) is 0. The summed E-state index contributed by atoms with van der Waals surface area (Å²) in [5.41, 5.74) is 1.70. The molecule has 0 N–H and O–H groups in total. The largest absolute Gasteiger partial charge is 0.497 e. The first kappa shape index (κ1) is 19.5. The van der Waals surface area contributed by atoms with Crippen molar-refractivity contribution in [3.8, 4) is 16.9 Å². The van der Waals surface area contributed by atoms with E-state index in [4.69, 9.17) is 21.1 Å². The number of nitrogens with zero attached hydrogens (tertiary/aromatic N) is 2. The highest BCUT2D eigenvalue weighted by Gasteiger charge is 2.26. The Morgan fingerprint density at radius 1 is 1.30 bits per heavy atom. The summed E-state index contributed by atoms with van der Waals surface area (Å²) < 4.78 is 24.8. The van der Waals surface area contributed by atoms with Crippen molar-refractivity contribution in [2.24, 2.45) is 0 Å². The number of anilines is 1. The van der Waals surface area contributed by atoms with Crippen LogP contribution in [0.25, 0.3) is 11.1 Å². The molecule has 0 spiro atoms. The summed E-state index contributed by atoms with van der Waals surface area (Å²) in [5, 5.41) is 0.457. The molecule has 0 aromatic heterocycles. The second-order valence-corrected chi connectivity index (χ2v) is 7.09. The molecule has 0 bridgehead atoms. The number of amides is 1. The molecule has 2 aromatic rings. The summed E-state index contributed by atoms with van der Waals surface area (Å²) in [6.45, 7) is 1.60. The van der Waals surface area contributed by atoms with E-state index in [1.165, 1.54) is 24.1 Å². The van der Waals surface area contributed by atoms with Crippen molar-refractivity contribution in [3.05, 3.63) is 47.2 Å². The maximum atomic E-state index is 13.9. The Bertz CT molecular complexity index is 846. The van der Waals surface area contributed by atoms with Gasteiger partial charge in [-0.15, -0.1) is 0 Å². The lowest BCUT2D eigenvalue weighted by Crippen LogP contribution is -2.32. The number of likely N-dealkylation sites (tertiary alicyclic amines) is 1. The SMILES string of the molecule is COc1cc(Cl)cc(-c2cc(F)ccc2N(C)C(=O)O[C@@H]2CCN(C)C2)c1. The standard InChI is InChI=1S/C20H22ClFN2O3/c1-23-7-6-16(12-23)27-20(25)24(2)19-5-4-15(22)11-18(19)13-8-14(21)10-17(9-13)26-3/h4-5,8-11,16H,6-7,12H2,1-3H3/t16-/m1/s1. The second-order valence-electron chi connectivity index (χ2n) is 6.66. The van der Waals surface area contributed by atoms with Crippen LogP contribution in [-0.2, 0) is 4.74 Å². The molecule has 3 rings (SSSR count). The van der Waals surface area contributed by atoms with Crippen LogP contribution in [0, 0.1) is 5.82 Å². The fraction of sp³-hybridized carbons (Fsp3) is 0.350. The smallest absolute Gasteiger partial charge is 0.414 e. The van der Waals surface area contributed by atoms with Gasteiger partial charge < -0.3 is 14.4 Å². The number of rotatable bonds is 4. The van der Waals surface area contributed by atoms with Gasteiger partial charge in [-0.3, -0.25) is 4.90 Å². The number of hydrogen-bond acceptors (Lipinski definition) is 4. The van der Waals surface area contributed by atoms with Gasteiger partial charge in [0.25, 0.3) is 0 Å². The topological polar surface area (TPSA) is 42.0 Å². The zero-order valence-electron chi connectivity index (χ0n) is 15.5. The maximum absolute atomic E-state index is 13.9. The van der Waals surface area contributed by atoms with Crippen LogP contribution < -0.4 is 9.64 Å². The van der Waals surface area contributed by atoms with Gasteiger partial charge in [-0.25, -0.2) is 9.18 Å². The number of likely N-dealkylation sites (N-methyl/N-ethyl adjacent to an activating group) is 1. The molecule has 1 amide bonds. The van der Waals surface area contributed by atoms with Gasteiger partial charge in [0.05, 0.1) is 12.8 Å². The first-order chi connectivity index (χ1) is 12.9. The fourth-order valence-corrected chi connectivity index (χ4v) is 3.40. The van der Waals surface area contributed by atoms with Crippen molar-refractivity contribution in [2.45, 2.75) is 12.5 Å². The predicted molar refractivity (Wildman–Crippen MR) is 104 cm³/mol. The van der Waals surface area contributed by atoms with Crippen molar-refractivity contribution in [1.29, 1.82) is 0 Å². The van der Waals surface area contributed by atoms with Gasteiger partial charge in [-0.05, 0) is 55.4 Å². The Hall–Kier alpha value is -2.31. The van der Waals surface area contributed by atoms with Crippen molar-refractivity contribution < 1.29 is 18.7 Å². The predicted octanol–water partition coefficient (Wildman–Crippen LogP) is 4.43. The lowest BCUT2D eigenvalue weighted by Gasteiger charge is -2.23. The van der Waals surface area contributed by atoms with Crippen LogP contribution in [0.1, 0.15) is 6.42 Å². The van der Waals surface area contributed by atoms with Gasteiger partial charge in [0.2, 0.25) is 0 Å². The third kappa shape index (κ3) is 4.51. The van der Waals surface area contributed by atoms with Crippen LogP contribution in [0.3, 0.4) is 0 Å². The van der Waals surface area contributed by atoms with E-state index in [-0.39, 0.29) is 6.10 Å². The highest BCUT2D eigenvalue weighted by molar-refractivity contribution is 6.31. The van der Waals surface area contributed by atoms with Crippen molar-refractivity contribution >= 4 is 23.4 Å². The quantitative estimate of drug-likeness (QED) is 0.771. The third-order valence-corrected chi connectivity index (χ3v) is 4.85. The van der Waals surface area contributed by atoms with Crippen LogP contribution >= 0.6 is 11.6 Å². The van der Waals surface area contributed by atoms with Crippen LogP contribution in [0.4, 0.5) is 14.9 Å². The molecule has 27 heavy (non-hydrogen) atoms. The van der Waals surface area contributed by atoms with Gasteiger partial charge in [-0.1, -0.05) is 11.6 Å². The normalized spacial score (nSPS) is 17.0. The number of methoxy groups -OCH3 is 1. The summed E-state index contributed by atoms with van der Waals surface area (Å²) in [6.07, 6.45) is 0.190. The third-order valence-electron chi connectivity index (χ3n) is 4.63. The van der Waals surface area contributed by atoms with Gasteiger partial charge in [0.15, 0.2) is 0 Å². The van der Waals surface area contributed by atoms with E-state index in [1.807, 2.05) is 7.05 Å². The summed E-state index contributed by atoms with van der Waals surface area (Å²) >= 11 is 6.16. The Kier molecular flexibility index (Phi) is 5.87. The number of ether oxygens (including phenoxy) is 2. The van der Waals surface area contributed by atoms with E-state index < -0.39 is 11.9 Å². The molecule has 1 heterocycles. The van der Waals surface area contributed by atoms with E-state index in [9.17, 15) is 9.18 Å². The van der Waals surface area contributed by atoms with Gasteiger partial charge in [0, 0.05) is 30.7 Å². The van der Waals surface area contributed by atoms with E-state index in [0.29, 0.717) is 34.1 Å². The van der Waals surface area contributed by atoms with E-state index in [1.54, 1.807) is 31.3 Å². The molecule has 5 nitrogen and oxygen atoms in total. The average molecular weight is 393 g/mol. The number of benzene rings is 2. The molecule has 0 saturated carbocycles. The second kappa shape index (κ2) is 8.15. The highest BCUT2D eigenvalue weighted by atomic mass is 35.5. The molecular weight excluding hydrogens is 371 g/mol. The van der Waals surface area contributed by atoms with E-state index in [0.717, 1.165) is 13.0 Å². The van der Waals surface area contributed by atoms with Crippen LogP contribution in [0.5, 0.6) is 5.75 Å². The zero-order chi connectivity index (χ0) is 19.6. The number of carbonyl (C=O) groups is 1. The summed E-state index contributed by atoms with van der Waals surface area (Å²) in [6, 6.07) is 9.35. The average Bonchev–Trinajstić information content (AvgIpc) is 3.05. The molecule has 1 atom stereocenters. The maximum Gasteiger partial charge on any atom is 0.414 e. The highest BCUT2D eigenvalue weighted by Crippen LogP contribution is 2.35. The molecule has 1 fully saturated rings. The Labute approximate surface area is 163 Å². The summed E-state index contributed by atoms with van der Waals surface area (Å²) in [5.74, 6) is 0.138. The zero-order valence-corrected chi connectivity index (χ0v) is 16.3. The molecule has 2 aromatic carbocycles. The minimum atomic E-state index is -0.475. The Morgan fingerprint density at radius 3 is 2.74 bits per heavy atom. The van der Waals surface area contributed by atoms with Gasteiger partial charge in [-0.2, -0.15) is 0 Å². The van der Waals surface area contributed by atoms with Gasteiger partial charge >= 0.3 is 6.09 Å². The van der Waals surface area contributed by atoms with Crippen molar-refractivity contribution in [3.63, 3.8) is 0 Å². The minimum absolute atomic E-state index is 0.139. The molecule has 0 radical (unpaired) electrons. The molecule has 0 unspecified atom stereocenters. The number of carbonyl (C=O) groups excluding carboxylic acids is 1. The van der Waals surface area contributed by atoms with Crippen molar-refractivity contribution in [2.75, 3.05) is 39.2 Å². The molecule has 0 aliphatic carbocycles. The minimum Gasteiger partial charge on any atom is -0.497 e. The number of halogens is 2. The fourth-order valence-electron chi connectivity index (χ4n) is 3.18. The molecule has 144 valence electrons. The molecule has 1 aliphatic heterocycles.